The number of carbonyl (C=O) groups is 2. The Morgan fingerprint density at radius 1 is 1.26 bits per heavy atom. The summed E-state index contributed by atoms with van der Waals surface area (Å²) in [4.78, 5) is 27.4. The number of hydrazine groups is 1. The number of carbonyl (C=O) groups excluding carboxylic acids is 2. The minimum absolute atomic E-state index is 0.0265. The van der Waals surface area contributed by atoms with Crippen LogP contribution < -0.4 is 10.9 Å². The van der Waals surface area contributed by atoms with Crippen LogP contribution in [0.3, 0.4) is 0 Å². The van der Waals surface area contributed by atoms with E-state index in [-0.39, 0.29) is 41.1 Å². The van der Waals surface area contributed by atoms with Crippen molar-refractivity contribution in [2.45, 2.75) is 19.1 Å². The van der Waals surface area contributed by atoms with E-state index in [4.69, 9.17) is 23.2 Å². The minimum atomic E-state index is -0.987. The van der Waals surface area contributed by atoms with Gasteiger partial charge >= 0.3 is 0 Å². The number of benzene rings is 1. The van der Waals surface area contributed by atoms with Crippen molar-refractivity contribution in [2.24, 2.45) is 5.92 Å². The van der Waals surface area contributed by atoms with E-state index in [2.05, 4.69) is 17.4 Å². The van der Waals surface area contributed by atoms with Gasteiger partial charge in [-0.1, -0.05) is 53.7 Å². The normalized spacial score (nSPS) is 22.9. The fourth-order valence-electron chi connectivity index (χ4n) is 3.37. The lowest BCUT2D eigenvalue weighted by Crippen LogP contribution is -2.41. The Bertz CT molecular complexity index is 1040. The highest BCUT2D eigenvalue weighted by Crippen LogP contribution is 2.42. The molecule has 0 spiro atoms. The van der Waals surface area contributed by atoms with Crippen molar-refractivity contribution in [3.63, 3.8) is 0 Å². The van der Waals surface area contributed by atoms with E-state index in [1.807, 2.05) is 0 Å². The van der Waals surface area contributed by atoms with Crippen LogP contribution in [0.25, 0.3) is 4.91 Å². The molecule has 2 aliphatic rings. The Morgan fingerprint density at radius 2 is 1.94 bits per heavy atom. The summed E-state index contributed by atoms with van der Waals surface area (Å²) in [5.41, 5.74) is 6.11. The third-order valence-electron chi connectivity index (χ3n) is 5.29. The first-order valence-electron chi connectivity index (χ1n) is 10.3. The van der Waals surface area contributed by atoms with Gasteiger partial charge in [0.1, 0.15) is 5.76 Å². The molecule has 3 atom stereocenters. The highest BCUT2D eigenvalue weighted by atomic mass is 35.5. The minimum Gasteiger partial charge on any atom is -0.511 e. The Labute approximate surface area is 216 Å². The van der Waals surface area contributed by atoms with Crippen LogP contribution in [-0.4, -0.2) is 69.6 Å². The maximum Gasteiger partial charge on any atom is 0.271 e. The summed E-state index contributed by atoms with van der Waals surface area (Å²) >= 11 is 14.4. The van der Waals surface area contributed by atoms with Gasteiger partial charge in [-0.3, -0.25) is 15.0 Å². The number of thioether (sulfide) groups is 2. The summed E-state index contributed by atoms with van der Waals surface area (Å²) in [6.45, 7) is 5.72. The number of nitrogens with zero attached hydrogens (tertiary/aromatic N) is 1. The maximum atomic E-state index is 12.6. The smallest absolute Gasteiger partial charge is 0.271 e. The molecule has 1 saturated heterocycles. The SMILES string of the molecule is C=C(S/C(=C\C)C(=O)N1CC(O)C(O)C1)C(=O)NNCC1CSC(c2ccc(Cl)c(Cl)c2)=C1O. The van der Waals surface area contributed by atoms with Crippen LogP contribution in [-0.2, 0) is 9.59 Å². The Balaban J connectivity index is 1.49. The second kappa shape index (κ2) is 11.9. The lowest BCUT2D eigenvalue weighted by Gasteiger charge is -2.18. The zero-order valence-electron chi connectivity index (χ0n) is 18.3. The fraction of sp³-hybridized carbons (Fsp3) is 0.364. The van der Waals surface area contributed by atoms with Crippen molar-refractivity contribution < 1.29 is 24.9 Å². The monoisotopic (exact) mass is 545 g/mol. The standard InChI is InChI=1S/C22H25Cl2N3O5S2/c1-3-18(22(32)27-8-16(28)17(29)9-27)34-11(2)21(31)26-25-7-13-10-33-20(19(13)30)12-4-5-14(23)15(24)6-12/h3-6,13,16-17,25,28-30H,2,7-10H2,1H3,(H,26,31)/b18-3-. The summed E-state index contributed by atoms with van der Waals surface area (Å²) < 4.78 is 0. The Morgan fingerprint density at radius 3 is 2.56 bits per heavy atom. The first kappa shape index (κ1) is 26.9. The number of rotatable bonds is 8. The molecule has 0 radical (unpaired) electrons. The second-order valence-corrected chi connectivity index (χ2v) is 10.7. The van der Waals surface area contributed by atoms with Gasteiger partial charge in [0.25, 0.3) is 11.8 Å². The quantitative estimate of drug-likeness (QED) is 0.249. The molecule has 0 saturated carbocycles. The lowest BCUT2D eigenvalue weighted by molar-refractivity contribution is -0.125. The fourth-order valence-corrected chi connectivity index (χ4v) is 5.66. The number of amides is 2. The molecular formula is C22H25Cl2N3O5S2. The molecule has 184 valence electrons. The van der Waals surface area contributed by atoms with Crippen LogP contribution in [0.4, 0.5) is 0 Å². The molecule has 8 nitrogen and oxygen atoms in total. The molecule has 0 aliphatic carbocycles. The van der Waals surface area contributed by atoms with E-state index in [1.165, 1.54) is 16.7 Å². The van der Waals surface area contributed by atoms with Crippen molar-refractivity contribution in [1.29, 1.82) is 0 Å². The number of aliphatic hydroxyl groups excluding tert-OH is 3. The number of hydrogen-bond donors (Lipinski definition) is 5. The Hall–Kier alpha value is -1.66. The number of aliphatic hydroxyl groups is 3. The molecule has 5 N–H and O–H groups in total. The molecule has 1 fully saturated rings. The van der Waals surface area contributed by atoms with Gasteiger partial charge in [-0.05, 0) is 24.6 Å². The predicted molar refractivity (Wildman–Crippen MR) is 137 cm³/mol. The molecule has 3 rings (SSSR count). The molecule has 12 heteroatoms. The number of hydrogen-bond acceptors (Lipinski definition) is 8. The molecule has 0 aromatic heterocycles. The Kier molecular flexibility index (Phi) is 9.39. The molecule has 1 aromatic carbocycles. The van der Waals surface area contributed by atoms with Crippen LogP contribution in [0, 0.1) is 5.92 Å². The summed E-state index contributed by atoms with van der Waals surface area (Å²) in [6.07, 6.45) is -0.419. The summed E-state index contributed by atoms with van der Waals surface area (Å²) in [5.74, 6) is -0.313. The van der Waals surface area contributed by atoms with Crippen LogP contribution in [0.2, 0.25) is 10.0 Å². The number of likely N-dealkylation sites (tertiary alicyclic amines) is 1. The van der Waals surface area contributed by atoms with Crippen LogP contribution in [0.15, 0.2) is 46.4 Å². The highest BCUT2D eigenvalue weighted by Gasteiger charge is 2.34. The van der Waals surface area contributed by atoms with Gasteiger partial charge in [0.05, 0.1) is 37.0 Å². The van der Waals surface area contributed by atoms with Crippen molar-refractivity contribution in [3.8, 4) is 0 Å². The average molecular weight is 546 g/mol. The van der Waals surface area contributed by atoms with Crippen molar-refractivity contribution >= 4 is 63.4 Å². The predicted octanol–water partition coefficient (Wildman–Crippen LogP) is 2.92. The third kappa shape index (κ3) is 6.31. The van der Waals surface area contributed by atoms with Crippen LogP contribution in [0.1, 0.15) is 12.5 Å². The molecule has 34 heavy (non-hydrogen) atoms. The number of β-amino-alcohol motifs (C(OH)–C–C–N with tert-alkyl or cyclic N) is 2. The summed E-state index contributed by atoms with van der Waals surface area (Å²) in [5, 5.41) is 30.8. The molecule has 0 bridgehead atoms. The highest BCUT2D eigenvalue weighted by molar-refractivity contribution is 8.08. The van der Waals surface area contributed by atoms with E-state index in [1.54, 1.807) is 31.2 Å². The van der Waals surface area contributed by atoms with Gasteiger partial charge in [0.15, 0.2) is 0 Å². The zero-order chi connectivity index (χ0) is 25.0. The van der Waals surface area contributed by atoms with Crippen molar-refractivity contribution in [3.05, 3.63) is 62.0 Å². The van der Waals surface area contributed by atoms with Gasteiger partial charge < -0.3 is 20.2 Å². The molecule has 2 amide bonds. The van der Waals surface area contributed by atoms with E-state index in [0.717, 1.165) is 17.3 Å². The van der Waals surface area contributed by atoms with Crippen molar-refractivity contribution in [1.82, 2.24) is 15.8 Å². The summed E-state index contributed by atoms with van der Waals surface area (Å²) in [7, 11) is 0. The number of nitrogens with one attached hydrogen (secondary N) is 2. The van der Waals surface area contributed by atoms with Gasteiger partial charge in [0.2, 0.25) is 0 Å². The van der Waals surface area contributed by atoms with E-state index in [0.29, 0.717) is 20.7 Å². The second-order valence-electron chi connectivity index (χ2n) is 7.71. The maximum absolute atomic E-state index is 12.6. The molecular weight excluding hydrogens is 521 g/mol. The van der Waals surface area contributed by atoms with E-state index in [9.17, 15) is 24.9 Å². The average Bonchev–Trinajstić information content (AvgIpc) is 3.34. The molecule has 1 aromatic rings. The van der Waals surface area contributed by atoms with Gasteiger partial charge in [-0.25, -0.2) is 5.43 Å². The topological polar surface area (TPSA) is 122 Å². The number of halogens is 2. The van der Waals surface area contributed by atoms with Gasteiger partial charge in [0, 0.05) is 31.3 Å². The van der Waals surface area contributed by atoms with E-state index >= 15 is 0 Å². The van der Waals surface area contributed by atoms with Gasteiger partial charge in [-0.15, -0.1) is 11.8 Å². The van der Waals surface area contributed by atoms with Crippen LogP contribution >= 0.6 is 46.7 Å². The largest absolute Gasteiger partial charge is 0.511 e. The van der Waals surface area contributed by atoms with Crippen LogP contribution in [0.5, 0.6) is 0 Å². The van der Waals surface area contributed by atoms with Crippen molar-refractivity contribution in [2.75, 3.05) is 25.4 Å². The summed E-state index contributed by atoms with van der Waals surface area (Å²) in [6, 6.07) is 5.16. The molecule has 2 aliphatic heterocycles. The molecule has 2 heterocycles. The first-order chi connectivity index (χ1) is 16.1. The van der Waals surface area contributed by atoms with E-state index < -0.39 is 24.0 Å². The molecule has 3 unspecified atom stereocenters. The third-order valence-corrected chi connectivity index (χ3v) is 8.39. The zero-order valence-corrected chi connectivity index (χ0v) is 21.4. The number of allylic oxidation sites excluding steroid dienone is 1. The first-order valence-corrected chi connectivity index (χ1v) is 12.9. The lowest BCUT2D eigenvalue weighted by atomic mass is 10.1. The van der Waals surface area contributed by atoms with Gasteiger partial charge in [-0.2, -0.15) is 0 Å².